The summed E-state index contributed by atoms with van der Waals surface area (Å²) in [5, 5.41) is 12.7. The third kappa shape index (κ3) is 5.20. The Bertz CT molecular complexity index is 781. The zero-order valence-electron chi connectivity index (χ0n) is 16.3. The maximum absolute atomic E-state index is 12.3. The molecular weight excluding hydrogens is 344 g/mol. The monoisotopic (exact) mass is 372 g/mol. The van der Waals surface area contributed by atoms with Crippen molar-refractivity contribution in [3.05, 3.63) is 58.4 Å². The molecule has 0 saturated heterocycles. The molecule has 146 valence electrons. The highest BCUT2D eigenvalue weighted by molar-refractivity contribution is 5.91. The first kappa shape index (κ1) is 20.7. The van der Waals surface area contributed by atoms with E-state index in [9.17, 15) is 14.7 Å². The van der Waals surface area contributed by atoms with Crippen molar-refractivity contribution >= 4 is 11.9 Å². The van der Waals surface area contributed by atoms with Crippen molar-refractivity contribution < 1.29 is 19.4 Å². The number of aromatic nitrogens is 1. The molecule has 1 aromatic carbocycles. The lowest BCUT2D eigenvalue weighted by molar-refractivity contribution is -0.125. The summed E-state index contributed by atoms with van der Waals surface area (Å²) in [6.07, 6.45) is 1.03. The zero-order valence-corrected chi connectivity index (χ0v) is 16.3. The van der Waals surface area contributed by atoms with Crippen molar-refractivity contribution in [2.45, 2.75) is 52.7 Å². The first-order valence-electron chi connectivity index (χ1n) is 9.23. The Morgan fingerprint density at radius 1 is 1.22 bits per heavy atom. The Balaban J connectivity index is 1.98. The van der Waals surface area contributed by atoms with Gasteiger partial charge in [-0.25, -0.2) is 4.79 Å². The molecule has 6 heteroatoms. The number of aromatic amines is 1. The smallest absolute Gasteiger partial charge is 0.355 e. The third-order valence-corrected chi connectivity index (χ3v) is 4.57. The van der Waals surface area contributed by atoms with Crippen molar-refractivity contribution in [2.24, 2.45) is 0 Å². The van der Waals surface area contributed by atoms with Crippen LogP contribution in [0.4, 0.5) is 0 Å². The van der Waals surface area contributed by atoms with E-state index in [1.165, 1.54) is 0 Å². The summed E-state index contributed by atoms with van der Waals surface area (Å²) < 4.78 is 5.17. The molecule has 1 aromatic heterocycles. The Labute approximate surface area is 159 Å². The van der Waals surface area contributed by atoms with Gasteiger partial charge in [-0.2, -0.15) is 0 Å². The van der Waals surface area contributed by atoms with Crippen LogP contribution in [0, 0.1) is 13.8 Å². The van der Waals surface area contributed by atoms with Gasteiger partial charge in [0.15, 0.2) is 6.61 Å². The van der Waals surface area contributed by atoms with Gasteiger partial charge in [0.05, 0.1) is 12.1 Å². The van der Waals surface area contributed by atoms with Crippen LogP contribution in [0.3, 0.4) is 0 Å². The van der Waals surface area contributed by atoms with Crippen LogP contribution in [0.15, 0.2) is 30.3 Å². The van der Waals surface area contributed by atoms with Crippen LogP contribution in [-0.4, -0.2) is 28.6 Å². The lowest BCUT2D eigenvalue weighted by Crippen LogP contribution is -2.32. The van der Waals surface area contributed by atoms with Gasteiger partial charge in [-0.05, 0) is 38.3 Å². The van der Waals surface area contributed by atoms with Gasteiger partial charge in [-0.15, -0.1) is 0 Å². The van der Waals surface area contributed by atoms with Crippen LogP contribution in [-0.2, 0) is 9.53 Å². The SMILES string of the molecule is CCC[C@@H](NC(=O)COC(=O)c1[nH]c(C)c([C@H](C)O)c1C)c1ccccc1. The fourth-order valence-corrected chi connectivity index (χ4v) is 3.33. The highest BCUT2D eigenvalue weighted by Gasteiger charge is 2.22. The Hall–Kier alpha value is -2.60. The van der Waals surface area contributed by atoms with Crippen LogP contribution >= 0.6 is 0 Å². The Morgan fingerprint density at radius 2 is 1.89 bits per heavy atom. The van der Waals surface area contributed by atoms with E-state index in [1.807, 2.05) is 30.3 Å². The quantitative estimate of drug-likeness (QED) is 0.619. The number of rotatable bonds is 8. The number of hydrogen-bond donors (Lipinski definition) is 3. The second-order valence-corrected chi connectivity index (χ2v) is 6.74. The maximum Gasteiger partial charge on any atom is 0.355 e. The number of carbonyl (C=O) groups is 2. The van der Waals surface area contributed by atoms with Crippen molar-refractivity contribution in [1.82, 2.24) is 10.3 Å². The summed E-state index contributed by atoms with van der Waals surface area (Å²) in [4.78, 5) is 27.5. The van der Waals surface area contributed by atoms with Crippen LogP contribution in [0.5, 0.6) is 0 Å². The van der Waals surface area contributed by atoms with Gasteiger partial charge in [0.1, 0.15) is 5.69 Å². The molecule has 27 heavy (non-hydrogen) atoms. The summed E-state index contributed by atoms with van der Waals surface area (Å²) in [7, 11) is 0. The number of amides is 1. The lowest BCUT2D eigenvalue weighted by atomic mass is 10.0. The van der Waals surface area contributed by atoms with Gasteiger partial charge in [-0.1, -0.05) is 43.7 Å². The zero-order chi connectivity index (χ0) is 20.0. The van der Waals surface area contributed by atoms with Crippen molar-refractivity contribution in [2.75, 3.05) is 6.61 Å². The average Bonchev–Trinajstić information content (AvgIpc) is 2.94. The molecule has 2 atom stereocenters. The van der Waals surface area contributed by atoms with E-state index in [0.29, 0.717) is 16.8 Å². The van der Waals surface area contributed by atoms with E-state index in [-0.39, 0.29) is 24.2 Å². The van der Waals surface area contributed by atoms with Gasteiger partial charge in [-0.3, -0.25) is 4.79 Å². The molecule has 0 saturated carbocycles. The first-order chi connectivity index (χ1) is 12.8. The molecule has 0 fully saturated rings. The van der Waals surface area contributed by atoms with E-state index in [1.54, 1.807) is 20.8 Å². The first-order valence-corrected chi connectivity index (χ1v) is 9.23. The summed E-state index contributed by atoms with van der Waals surface area (Å²) >= 11 is 0. The number of aliphatic hydroxyl groups excluding tert-OH is 1. The van der Waals surface area contributed by atoms with Gasteiger partial charge in [0, 0.05) is 11.3 Å². The van der Waals surface area contributed by atoms with Crippen LogP contribution < -0.4 is 5.32 Å². The summed E-state index contributed by atoms with van der Waals surface area (Å²) in [5.41, 5.74) is 3.33. The van der Waals surface area contributed by atoms with Crippen LogP contribution in [0.1, 0.15) is 71.7 Å². The third-order valence-electron chi connectivity index (χ3n) is 4.57. The average molecular weight is 372 g/mol. The molecule has 3 N–H and O–H groups in total. The summed E-state index contributed by atoms with van der Waals surface area (Å²) in [6, 6.07) is 9.61. The molecule has 2 rings (SSSR count). The number of ether oxygens (including phenoxy) is 1. The molecule has 0 aliphatic carbocycles. The number of carbonyl (C=O) groups excluding carboxylic acids is 2. The largest absolute Gasteiger partial charge is 0.451 e. The minimum atomic E-state index is -0.688. The molecule has 2 aromatic rings. The van der Waals surface area contributed by atoms with E-state index in [4.69, 9.17) is 4.74 Å². The van der Waals surface area contributed by atoms with Crippen molar-refractivity contribution in [3.63, 3.8) is 0 Å². The van der Waals surface area contributed by atoms with Gasteiger partial charge in [0.2, 0.25) is 0 Å². The molecule has 6 nitrogen and oxygen atoms in total. The predicted molar refractivity (Wildman–Crippen MR) is 103 cm³/mol. The van der Waals surface area contributed by atoms with E-state index in [0.717, 1.165) is 18.4 Å². The molecule has 0 radical (unpaired) electrons. The highest BCUT2D eigenvalue weighted by Crippen LogP contribution is 2.25. The van der Waals surface area contributed by atoms with Crippen LogP contribution in [0.25, 0.3) is 0 Å². The van der Waals surface area contributed by atoms with Crippen LogP contribution in [0.2, 0.25) is 0 Å². The van der Waals surface area contributed by atoms with E-state index >= 15 is 0 Å². The minimum absolute atomic E-state index is 0.112. The maximum atomic E-state index is 12.3. The van der Waals surface area contributed by atoms with E-state index < -0.39 is 12.1 Å². The molecule has 0 aliphatic rings. The fourth-order valence-electron chi connectivity index (χ4n) is 3.33. The number of hydrogen-bond acceptors (Lipinski definition) is 4. The fraction of sp³-hybridized carbons (Fsp3) is 0.429. The summed E-state index contributed by atoms with van der Waals surface area (Å²) in [5.74, 6) is -0.952. The minimum Gasteiger partial charge on any atom is -0.451 e. The molecule has 0 bridgehead atoms. The molecule has 1 amide bonds. The number of benzene rings is 1. The summed E-state index contributed by atoms with van der Waals surface area (Å²) in [6.45, 7) is 6.87. The lowest BCUT2D eigenvalue weighted by Gasteiger charge is -2.18. The van der Waals surface area contributed by atoms with Crippen molar-refractivity contribution in [3.8, 4) is 0 Å². The second-order valence-electron chi connectivity index (χ2n) is 6.74. The molecule has 1 heterocycles. The second kappa shape index (κ2) is 9.37. The number of aliphatic hydroxyl groups is 1. The number of nitrogens with one attached hydrogen (secondary N) is 2. The topological polar surface area (TPSA) is 91.4 Å². The Kier molecular flexibility index (Phi) is 7.19. The molecule has 0 aliphatic heterocycles. The van der Waals surface area contributed by atoms with E-state index in [2.05, 4.69) is 17.2 Å². The standard InChI is InChI=1S/C21H28N2O4/c1-5-9-17(16-10-7-6-8-11-16)23-18(25)12-27-21(26)20-13(2)19(15(4)24)14(3)22-20/h6-8,10-11,15,17,22,24H,5,9,12H2,1-4H3,(H,23,25)/t15-,17+/m0/s1. The van der Waals surface area contributed by atoms with Gasteiger partial charge >= 0.3 is 5.97 Å². The number of H-pyrrole nitrogens is 1. The normalized spacial score (nSPS) is 13.1. The molecule has 0 unspecified atom stereocenters. The molecular formula is C21H28N2O4. The molecule has 0 spiro atoms. The van der Waals surface area contributed by atoms with Gasteiger partial charge < -0.3 is 20.1 Å². The Morgan fingerprint density at radius 3 is 2.44 bits per heavy atom. The predicted octanol–water partition coefficient (Wildman–Crippen LogP) is 3.50. The van der Waals surface area contributed by atoms with Gasteiger partial charge in [0.25, 0.3) is 5.91 Å². The number of aryl methyl sites for hydroxylation is 1. The van der Waals surface area contributed by atoms with Crippen molar-refractivity contribution in [1.29, 1.82) is 0 Å². The number of esters is 1. The highest BCUT2D eigenvalue weighted by atomic mass is 16.5.